The number of carbonyl (C=O) groups excluding carboxylic acids is 3. The summed E-state index contributed by atoms with van der Waals surface area (Å²) in [5.41, 5.74) is 0.242. The lowest BCUT2D eigenvalue weighted by atomic mass is 10.1. The molecule has 1 saturated heterocycles. The molecule has 0 aliphatic carbocycles. The van der Waals surface area contributed by atoms with Crippen molar-refractivity contribution < 1.29 is 23.5 Å². The number of anilines is 2. The fraction of sp³-hybridized carbons (Fsp3) is 0.308. The average molecular weight is 476 g/mol. The van der Waals surface area contributed by atoms with Crippen molar-refractivity contribution in [1.29, 1.82) is 0 Å². The first-order valence-corrected chi connectivity index (χ1v) is 11.6. The van der Waals surface area contributed by atoms with E-state index in [-0.39, 0.29) is 23.9 Å². The summed E-state index contributed by atoms with van der Waals surface area (Å²) in [6.07, 6.45) is 2.27. The first kappa shape index (κ1) is 22.6. The summed E-state index contributed by atoms with van der Waals surface area (Å²) in [4.78, 5) is 54.2. The van der Waals surface area contributed by atoms with Crippen molar-refractivity contribution in [2.24, 2.45) is 0 Å². The second kappa shape index (κ2) is 9.25. The van der Waals surface area contributed by atoms with E-state index in [1.54, 1.807) is 54.3 Å². The molecule has 2 aliphatic rings. The molecule has 0 spiro atoms. The summed E-state index contributed by atoms with van der Waals surface area (Å²) in [7, 11) is 0. The van der Waals surface area contributed by atoms with Crippen LogP contribution in [0.15, 0.2) is 57.7 Å². The second-order valence-electron chi connectivity index (χ2n) is 8.75. The minimum atomic E-state index is -0.750. The topological polar surface area (TPSA) is 109 Å². The summed E-state index contributed by atoms with van der Waals surface area (Å²) >= 11 is 0. The number of piperidine rings is 1. The van der Waals surface area contributed by atoms with Gasteiger partial charge in [-0.05, 0) is 56.5 Å². The number of nitrogens with one attached hydrogen (secondary N) is 1. The van der Waals surface area contributed by atoms with Crippen LogP contribution in [0.3, 0.4) is 0 Å². The van der Waals surface area contributed by atoms with Gasteiger partial charge in [-0.3, -0.25) is 19.3 Å². The number of benzene rings is 2. The zero-order valence-electron chi connectivity index (χ0n) is 19.3. The molecule has 2 aromatic carbocycles. The number of likely N-dealkylation sites (tertiary alicyclic amines) is 1. The number of nitrogens with zero attached hydrogens (tertiary/aromatic N) is 2. The number of fused-ring (bicyclic) bond motifs is 2. The van der Waals surface area contributed by atoms with Gasteiger partial charge < -0.3 is 19.4 Å². The summed E-state index contributed by atoms with van der Waals surface area (Å²) in [5, 5.41) is 3.31. The predicted molar refractivity (Wildman–Crippen MR) is 130 cm³/mol. The Kier molecular flexibility index (Phi) is 5.98. The minimum Gasteiger partial charge on any atom is -0.479 e. The van der Waals surface area contributed by atoms with Crippen molar-refractivity contribution >= 4 is 40.1 Å². The molecule has 1 N–H and O–H groups in total. The van der Waals surface area contributed by atoms with Gasteiger partial charge in [0.1, 0.15) is 23.4 Å². The Morgan fingerprint density at radius 1 is 1.03 bits per heavy atom. The van der Waals surface area contributed by atoms with E-state index in [0.717, 1.165) is 19.3 Å². The van der Waals surface area contributed by atoms with E-state index in [2.05, 4.69) is 5.32 Å². The maximum Gasteiger partial charge on any atom is 0.349 e. The first-order valence-electron chi connectivity index (χ1n) is 11.6. The van der Waals surface area contributed by atoms with E-state index in [1.165, 1.54) is 11.0 Å². The van der Waals surface area contributed by atoms with Gasteiger partial charge in [0.25, 0.3) is 11.8 Å². The smallest absolute Gasteiger partial charge is 0.349 e. The highest BCUT2D eigenvalue weighted by atomic mass is 16.5. The van der Waals surface area contributed by atoms with Crippen LogP contribution in [-0.2, 0) is 9.59 Å². The number of rotatable bonds is 4. The van der Waals surface area contributed by atoms with Gasteiger partial charge in [-0.2, -0.15) is 0 Å². The monoisotopic (exact) mass is 475 g/mol. The summed E-state index contributed by atoms with van der Waals surface area (Å²) in [5.74, 6) is -0.661. The maximum atomic E-state index is 12.9. The van der Waals surface area contributed by atoms with Crippen LogP contribution in [-0.4, -0.2) is 48.4 Å². The summed E-state index contributed by atoms with van der Waals surface area (Å²) in [6, 6.07) is 13.2. The van der Waals surface area contributed by atoms with E-state index in [9.17, 15) is 19.2 Å². The van der Waals surface area contributed by atoms with Gasteiger partial charge in [-0.1, -0.05) is 18.2 Å². The molecule has 180 valence electrons. The molecule has 2 aliphatic heterocycles. The lowest BCUT2D eigenvalue weighted by Crippen LogP contribution is -2.50. The molecule has 3 heterocycles. The normalized spacial score (nSPS) is 17.6. The molecule has 3 aromatic rings. The molecule has 0 bridgehead atoms. The SMILES string of the molecule is CC1Oc2ccc(NC(=O)c3cc4ccccc4oc3=O)cc2N(CC(=O)N2CCCCC2)C1=O. The van der Waals surface area contributed by atoms with E-state index in [0.29, 0.717) is 41.2 Å². The number of ether oxygens (including phenoxy) is 1. The molecule has 0 saturated carbocycles. The quantitative estimate of drug-likeness (QED) is 0.581. The van der Waals surface area contributed by atoms with Gasteiger partial charge in [0.15, 0.2) is 6.10 Å². The zero-order chi connectivity index (χ0) is 24.5. The minimum absolute atomic E-state index is 0.106. The van der Waals surface area contributed by atoms with Crippen LogP contribution < -0.4 is 20.6 Å². The Balaban J connectivity index is 1.41. The zero-order valence-corrected chi connectivity index (χ0v) is 19.3. The van der Waals surface area contributed by atoms with Gasteiger partial charge in [-0.15, -0.1) is 0 Å². The van der Waals surface area contributed by atoms with Crippen molar-refractivity contribution in [2.75, 3.05) is 29.9 Å². The Morgan fingerprint density at radius 3 is 2.60 bits per heavy atom. The summed E-state index contributed by atoms with van der Waals surface area (Å²) in [6.45, 7) is 2.90. The lowest BCUT2D eigenvalue weighted by molar-refractivity contribution is -0.133. The summed E-state index contributed by atoms with van der Waals surface area (Å²) < 4.78 is 11.0. The van der Waals surface area contributed by atoms with Crippen LogP contribution in [0, 0.1) is 0 Å². The van der Waals surface area contributed by atoms with Crippen LogP contribution in [0.25, 0.3) is 11.0 Å². The third-order valence-corrected chi connectivity index (χ3v) is 6.31. The fourth-order valence-electron chi connectivity index (χ4n) is 4.45. The molecule has 9 heteroatoms. The number of hydrogen-bond acceptors (Lipinski definition) is 6. The molecule has 1 fully saturated rings. The lowest BCUT2D eigenvalue weighted by Gasteiger charge is -2.35. The van der Waals surface area contributed by atoms with E-state index >= 15 is 0 Å². The highest BCUT2D eigenvalue weighted by Gasteiger charge is 2.34. The number of para-hydroxylation sites is 1. The second-order valence-corrected chi connectivity index (χ2v) is 8.75. The third kappa shape index (κ3) is 4.49. The highest BCUT2D eigenvalue weighted by molar-refractivity contribution is 6.07. The molecular formula is C26H25N3O6. The molecule has 35 heavy (non-hydrogen) atoms. The van der Waals surface area contributed by atoms with Crippen molar-refractivity contribution in [3.8, 4) is 5.75 Å². The number of hydrogen-bond donors (Lipinski definition) is 1. The maximum absolute atomic E-state index is 12.9. The molecule has 1 aromatic heterocycles. The van der Waals surface area contributed by atoms with Crippen molar-refractivity contribution in [3.05, 3.63) is 64.5 Å². The molecule has 9 nitrogen and oxygen atoms in total. The average Bonchev–Trinajstić information content (AvgIpc) is 2.87. The number of amides is 3. The van der Waals surface area contributed by atoms with Gasteiger partial charge in [0.2, 0.25) is 5.91 Å². The van der Waals surface area contributed by atoms with Crippen molar-refractivity contribution in [1.82, 2.24) is 4.90 Å². The van der Waals surface area contributed by atoms with Crippen LogP contribution in [0.4, 0.5) is 11.4 Å². The van der Waals surface area contributed by atoms with Crippen molar-refractivity contribution in [2.45, 2.75) is 32.3 Å². The van der Waals surface area contributed by atoms with E-state index < -0.39 is 17.6 Å². The molecule has 5 rings (SSSR count). The van der Waals surface area contributed by atoms with E-state index in [1.807, 2.05) is 0 Å². The van der Waals surface area contributed by atoms with Crippen molar-refractivity contribution in [3.63, 3.8) is 0 Å². The van der Waals surface area contributed by atoms with Crippen LogP contribution >= 0.6 is 0 Å². The standard InChI is InChI=1S/C26H25N3O6/c1-16-25(32)29(15-23(30)28-11-5-2-6-12-28)20-14-18(9-10-22(20)34-16)27-24(31)19-13-17-7-3-4-8-21(17)35-26(19)33/h3-4,7-10,13-14,16H,2,5-6,11-12,15H2,1H3,(H,27,31). The first-order chi connectivity index (χ1) is 16.9. The molecule has 1 atom stereocenters. The Hall–Kier alpha value is -4.14. The number of carbonyl (C=O) groups is 3. The predicted octanol–water partition coefficient (Wildman–Crippen LogP) is 3.17. The van der Waals surface area contributed by atoms with E-state index in [4.69, 9.17) is 9.15 Å². The fourth-order valence-corrected chi connectivity index (χ4v) is 4.45. The van der Waals surface area contributed by atoms with Crippen LogP contribution in [0.1, 0.15) is 36.5 Å². The molecule has 1 unspecified atom stereocenters. The highest BCUT2D eigenvalue weighted by Crippen LogP contribution is 2.36. The van der Waals surface area contributed by atoms with Gasteiger partial charge in [0, 0.05) is 24.2 Å². The Morgan fingerprint density at radius 2 is 1.80 bits per heavy atom. The molecule has 3 amide bonds. The van der Waals surface area contributed by atoms with Crippen LogP contribution in [0.2, 0.25) is 0 Å². The van der Waals surface area contributed by atoms with Crippen LogP contribution in [0.5, 0.6) is 5.75 Å². The molecule has 0 radical (unpaired) electrons. The third-order valence-electron chi connectivity index (χ3n) is 6.31. The largest absolute Gasteiger partial charge is 0.479 e. The molecular weight excluding hydrogens is 450 g/mol. The Bertz CT molecular complexity index is 1380. The Labute approximate surface area is 201 Å². The van der Waals surface area contributed by atoms with Gasteiger partial charge in [0.05, 0.1) is 5.69 Å². The van der Waals surface area contributed by atoms with Gasteiger partial charge >= 0.3 is 5.63 Å². The van der Waals surface area contributed by atoms with Gasteiger partial charge in [-0.25, -0.2) is 4.79 Å².